The number of benzene rings is 1. The normalized spacial score (nSPS) is 10.5. The second-order valence-electron chi connectivity index (χ2n) is 4.06. The zero-order valence-corrected chi connectivity index (χ0v) is 12.6. The summed E-state index contributed by atoms with van der Waals surface area (Å²) in [6.07, 6.45) is 4.17. The van der Waals surface area contributed by atoms with Crippen molar-refractivity contribution < 1.29 is 4.74 Å². The second-order valence-corrected chi connectivity index (χ2v) is 5.32. The van der Waals surface area contributed by atoms with Gasteiger partial charge in [0.15, 0.2) is 0 Å². The summed E-state index contributed by atoms with van der Waals surface area (Å²) in [7, 11) is 0. The summed E-state index contributed by atoms with van der Waals surface area (Å²) in [5, 5.41) is 0.610. The first kappa shape index (κ1) is 14.3. The Morgan fingerprint density at radius 2 is 2.16 bits per heavy atom. The molecule has 3 nitrogen and oxygen atoms in total. The minimum Gasteiger partial charge on any atom is -0.488 e. The van der Waals surface area contributed by atoms with E-state index in [4.69, 9.17) is 22.1 Å². The van der Waals surface area contributed by atoms with Gasteiger partial charge in [-0.1, -0.05) is 17.7 Å². The molecule has 0 unspecified atom stereocenters. The molecule has 0 radical (unpaired) electrons. The second kappa shape index (κ2) is 6.89. The van der Waals surface area contributed by atoms with Gasteiger partial charge < -0.3 is 10.5 Å². The first-order valence-corrected chi connectivity index (χ1v) is 7.07. The third kappa shape index (κ3) is 3.93. The summed E-state index contributed by atoms with van der Waals surface area (Å²) in [4.78, 5) is 3.94. The number of halogens is 2. The van der Waals surface area contributed by atoms with Crippen LogP contribution in [0.5, 0.6) is 5.75 Å². The number of nitrogens with zero attached hydrogens (tertiary/aromatic N) is 1. The van der Waals surface area contributed by atoms with Crippen LogP contribution < -0.4 is 10.5 Å². The minimum atomic E-state index is 0.413. The predicted molar refractivity (Wildman–Crippen MR) is 80.5 cm³/mol. The third-order valence-electron chi connectivity index (χ3n) is 2.67. The van der Waals surface area contributed by atoms with Crippen LogP contribution in [0, 0.1) is 0 Å². The molecule has 0 aliphatic heterocycles. The van der Waals surface area contributed by atoms with E-state index >= 15 is 0 Å². The Labute approximate surface area is 125 Å². The Morgan fingerprint density at radius 1 is 1.32 bits per heavy atom. The van der Waals surface area contributed by atoms with Gasteiger partial charge in [-0.05, 0) is 52.7 Å². The molecule has 0 atom stereocenters. The van der Waals surface area contributed by atoms with Crippen LogP contribution in [0.3, 0.4) is 0 Å². The van der Waals surface area contributed by atoms with E-state index in [0.29, 0.717) is 18.2 Å². The van der Waals surface area contributed by atoms with Crippen molar-refractivity contribution in [3.8, 4) is 5.75 Å². The number of rotatable bonds is 5. The maximum atomic E-state index is 6.03. The van der Waals surface area contributed by atoms with Gasteiger partial charge in [0.1, 0.15) is 12.4 Å². The molecule has 0 bridgehead atoms. The molecule has 0 aliphatic carbocycles. The molecule has 0 amide bonds. The first-order chi connectivity index (χ1) is 9.20. The van der Waals surface area contributed by atoms with Gasteiger partial charge >= 0.3 is 0 Å². The lowest BCUT2D eigenvalue weighted by atomic mass is 10.1. The van der Waals surface area contributed by atoms with E-state index in [-0.39, 0.29) is 0 Å². The topological polar surface area (TPSA) is 48.1 Å². The van der Waals surface area contributed by atoms with Crippen LogP contribution in [0.1, 0.15) is 11.1 Å². The highest BCUT2D eigenvalue weighted by atomic mass is 79.9. The Morgan fingerprint density at radius 3 is 2.84 bits per heavy atom. The summed E-state index contributed by atoms with van der Waals surface area (Å²) < 4.78 is 6.67. The lowest BCUT2D eigenvalue weighted by Gasteiger charge is -2.10. The van der Waals surface area contributed by atoms with E-state index in [0.717, 1.165) is 22.2 Å². The molecule has 0 aliphatic rings. The summed E-state index contributed by atoms with van der Waals surface area (Å²) >= 11 is 9.53. The molecule has 100 valence electrons. The number of aromatic nitrogens is 1. The zero-order valence-electron chi connectivity index (χ0n) is 10.3. The van der Waals surface area contributed by atoms with E-state index in [1.165, 1.54) is 5.56 Å². The molecule has 2 rings (SSSR count). The Bertz CT molecular complexity index is 563. The van der Waals surface area contributed by atoms with E-state index < -0.39 is 0 Å². The van der Waals surface area contributed by atoms with E-state index in [1.807, 2.05) is 24.3 Å². The van der Waals surface area contributed by atoms with Crippen LogP contribution in [0.15, 0.2) is 41.1 Å². The van der Waals surface area contributed by atoms with Gasteiger partial charge in [0.2, 0.25) is 0 Å². The van der Waals surface area contributed by atoms with Crippen LogP contribution in [0.4, 0.5) is 0 Å². The lowest BCUT2D eigenvalue weighted by Crippen LogP contribution is -2.03. The summed E-state index contributed by atoms with van der Waals surface area (Å²) in [5.41, 5.74) is 7.63. The maximum absolute atomic E-state index is 6.03. The third-order valence-corrected chi connectivity index (χ3v) is 3.63. The fourth-order valence-corrected chi connectivity index (χ4v) is 2.37. The molecule has 2 aromatic rings. The van der Waals surface area contributed by atoms with Crippen molar-refractivity contribution in [3.05, 3.63) is 57.3 Å². The number of nitrogens with two attached hydrogens (primary N) is 1. The average molecular weight is 342 g/mol. The number of hydrogen-bond donors (Lipinski definition) is 1. The fourth-order valence-electron chi connectivity index (χ4n) is 1.66. The summed E-state index contributed by atoms with van der Waals surface area (Å²) in [6.45, 7) is 1.05. The van der Waals surface area contributed by atoms with Crippen molar-refractivity contribution in [3.63, 3.8) is 0 Å². The summed E-state index contributed by atoms with van der Waals surface area (Å²) in [5.74, 6) is 0.786. The standard InChI is InChI=1S/C14H14BrClN2O/c15-12-7-10(3-5-17)1-2-14(12)19-9-11-4-6-18-8-13(11)16/h1-2,4,6-8H,3,5,9,17H2. The van der Waals surface area contributed by atoms with Crippen LogP contribution in [0.25, 0.3) is 0 Å². The molecular weight excluding hydrogens is 328 g/mol. The molecule has 1 aromatic heterocycles. The molecule has 2 N–H and O–H groups in total. The number of ether oxygens (including phenoxy) is 1. The van der Waals surface area contributed by atoms with E-state index in [2.05, 4.69) is 20.9 Å². The van der Waals surface area contributed by atoms with E-state index in [9.17, 15) is 0 Å². The lowest BCUT2D eigenvalue weighted by molar-refractivity contribution is 0.304. The molecule has 0 fully saturated rings. The Hall–Kier alpha value is -1.10. The van der Waals surface area contributed by atoms with Crippen LogP contribution in [-0.2, 0) is 13.0 Å². The van der Waals surface area contributed by atoms with E-state index in [1.54, 1.807) is 12.4 Å². The van der Waals surface area contributed by atoms with Gasteiger partial charge in [-0.15, -0.1) is 0 Å². The summed E-state index contributed by atoms with van der Waals surface area (Å²) in [6, 6.07) is 7.82. The van der Waals surface area contributed by atoms with Crippen molar-refractivity contribution in [1.29, 1.82) is 0 Å². The Balaban J connectivity index is 2.06. The molecule has 19 heavy (non-hydrogen) atoms. The first-order valence-electron chi connectivity index (χ1n) is 5.90. The monoisotopic (exact) mass is 340 g/mol. The van der Waals surface area contributed by atoms with Gasteiger partial charge in [0.25, 0.3) is 0 Å². The van der Waals surface area contributed by atoms with Crippen molar-refractivity contribution in [2.75, 3.05) is 6.54 Å². The highest BCUT2D eigenvalue weighted by molar-refractivity contribution is 9.10. The molecule has 0 saturated carbocycles. The minimum absolute atomic E-state index is 0.413. The SMILES string of the molecule is NCCc1ccc(OCc2ccncc2Cl)c(Br)c1. The van der Waals surface area contributed by atoms with Gasteiger partial charge in [-0.2, -0.15) is 0 Å². The highest BCUT2D eigenvalue weighted by Gasteiger charge is 2.05. The molecule has 0 saturated heterocycles. The number of hydrogen-bond acceptors (Lipinski definition) is 3. The molecule has 1 aromatic carbocycles. The smallest absolute Gasteiger partial charge is 0.134 e. The number of pyridine rings is 1. The van der Waals surface area contributed by atoms with Gasteiger partial charge in [0, 0.05) is 18.0 Å². The van der Waals surface area contributed by atoms with Crippen LogP contribution >= 0.6 is 27.5 Å². The predicted octanol–water partition coefficient (Wildman–Crippen LogP) is 3.58. The molecule has 0 spiro atoms. The fraction of sp³-hybridized carbons (Fsp3) is 0.214. The van der Waals surface area contributed by atoms with Crippen molar-refractivity contribution in [2.24, 2.45) is 5.73 Å². The highest BCUT2D eigenvalue weighted by Crippen LogP contribution is 2.27. The van der Waals surface area contributed by atoms with Crippen molar-refractivity contribution >= 4 is 27.5 Å². The Kier molecular flexibility index (Phi) is 5.19. The molecule has 5 heteroatoms. The zero-order chi connectivity index (χ0) is 13.7. The van der Waals surface area contributed by atoms with Gasteiger partial charge in [0.05, 0.1) is 9.50 Å². The van der Waals surface area contributed by atoms with Gasteiger partial charge in [-0.3, -0.25) is 4.98 Å². The van der Waals surface area contributed by atoms with Crippen molar-refractivity contribution in [2.45, 2.75) is 13.0 Å². The quantitative estimate of drug-likeness (QED) is 0.904. The van der Waals surface area contributed by atoms with Gasteiger partial charge in [-0.25, -0.2) is 0 Å². The molecule has 1 heterocycles. The van der Waals surface area contributed by atoms with Crippen molar-refractivity contribution in [1.82, 2.24) is 4.98 Å². The average Bonchev–Trinajstić information content (AvgIpc) is 2.40. The molecular formula is C14H14BrClN2O. The maximum Gasteiger partial charge on any atom is 0.134 e. The largest absolute Gasteiger partial charge is 0.488 e. The van der Waals surface area contributed by atoms with Crippen LogP contribution in [-0.4, -0.2) is 11.5 Å². The van der Waals surface area contributed by atoms with Crippen LogP contribution in [0.2, 0.25) is 5.02 Å².